The smallest absolute Gasteiger partial charge is 0.116 e. The van der Waals surface area contributed by atoms with Crippen molar-refractivity contribution in [2.75, 3.05) is 0 Å². The van der Waals surface area contributed by atoms with Crippen LogP contribution in [0.5, 0.6) is 0 Å². The highest BCUT2D eigenvalue weighted by Gasteiger charge is 2.79. The van der Waals surface area contributed by atoms with Crippen LogP contribution in [0, 0.1) is 11.8 Å². The molecule has 0 N–H and O–H groups in total. The second-order valence-electron chi connectivity index (χ2n) is 4.76. The summed E-state index contributed by atoms with van der Waals surface area (Å²) in [6, 6.07) is 0. The summed E-state index contributed by atoms with van der Waals surface area (Å²) >= 11 is 38.7. The fraction of sp³-hybridized carbons (Fsp3) is 0.636. The number of rotatable bonds is 0. The lowest BCUT2D eigenvalue weighted by atomic mass is 9.89. The highest BCUT2D eigenvalue weighted by atomic mass is 35.5. The Balaban J connectivity index is 2.21. The van der Waals surface area contributed by atoms with Gasteiger partial charge < -0.3 is 0 Å². The van der Waals surface area contributed by atoms with Crippen molar-refractivity contribution in [1.82, 2.24) is 0 Å². The van der Waals surface area contributed by atoms with Gasteiger partial charge in [-0.05, 0) is 12.3 Å². The van der Waals surface area contributed by atoms with E-state index in [1.807, 2.05) is 18.2 Å². The van der Waals surface area contributed by atoms with E-state index in [0.29, 0.717) is 5.03 Å². The highest BCUT2D eigenvalue weighted by Crippen LogP contribution is 2.73. The molecule has 0 spiro atoms. The molecule has 0 aromatic carbocycles. The molecule has 0 radical (unpaired) electrons. The Kier molecular flexibility index (Phi) is 2.84. The molecule has 0 aromatic heterocycles. The summed E-state index contributed by atoms with van der Waals surface area (Å²) in [6.45, 7) is 0. The van der Waals surface area contributed by atoms with Crippen molar-refractivity contribution in [3.8, 4) is 0 Å². The Morgan fingerprint density at radius 1 is 1.12 bits per heavy atom. The van der Waals surface area contributed by atoms with Crippen molar-refractivity contribution in [1.29, 1.82) is 0 Å². The summed E-state index contributed by atoms with van der Waals surface area (Å²) in [5, 5.41) is 0.0238. The van der Waals surface area contributed by atoms with Crippen LogP contribution in [0.1, 0.15) is 6.42 Å². The molecule has 0 nitrogen and oxygen atoms in total. The number of fused-ring (bicyclic) bond motifs is 3. The Hall–Kier alpha value is 1.22. The lowest BCUT2D eigenvalue weighted by Crippen LogP contribution is -2.53. The number of hydrogen-bond donors (Lipinski definition) is 0. The molecule has 3 rings (SSSR count). The number of alkyl halides is 5. The zero-order valence-corrected chi connectivity index (χ0v) is 13.0. The van der Waals surface area contributed by atoms with Gasteiger partial charge in [0.1, 0.15) is 9.75 Å². The van der Waals surface area contributed by atoms with Crippen molar-refractivity contribution in [3.63, 3.8) is 0 Å². The van der Waals surface area contributed by atoms with Gasteiger partial charge in [0.15, 0.2) is 4.33 Å². The molecule has 3 aliphatic carbocycles. The molecule has 3 aliphatic rings. The maximum Gasteiger partial charge on any atom is 0.163 e. The first-order valence-electron chi connectivity index (χ1n) is 5.22. The Labute approximate surface area is 130 Å². The second kappa shape index (κ2) is 3.65. The van der Waals surface area contributed by atoms with E-state index in [-0.39, 0.29) is 11.8 Å². The lowest BCUT2D eigenvalue weighted by molar-refractivity contribution is 0.421. The maximum atomic E-state index is 6.64. The number of halogens is 6. The van der Waals surface area contributed by atoms with Gasteiger partial charge >= 0.3 is 0 Å². The normalized spacial score (nSPS) is 54.7. The third-order valence-corrected chi connectivity index (χ3v) is 8.45. The van der Waals surface area contributed by atoms with Crippen LogP contribution in [0.15, 0.2) is 23.3 Å². The van der Waals surface area contributed by atoms with Crippen LogP contribution in [0.4, 0.5) is 0 Å². The van der Waals surface area contributed by atoms with Crippen molar-refractivity contribution >= 4 is 69.6 Å². The Bertz CT molecular complexity index is 441. The summed E-state index contributed by atoms with van der Waals surface area (Å²) in [5.41, 5.74) is 0. The van der Waals surface area contributed by atoms with E-state index in [9.17, 15) is 0 Å². The molecule has 0 aromatic rings. The first kappa shape index (κ1) is 13.2. The molecule has 1 fully saturated rings. The van der Waals surface area contributed by atoms with Gasteiger partial charge in [0.25, 0.3) is 0 Å². The van der Waals surface area contributed by atoms with E-state index in [2.05, 4.69) is 0 Å². The second-order valence-corrected chi connectivity index (χ2v) is 8.19. The van der Waals surface area contributed by atoms with E-state index in [4.69, 9.17) is 69.6 Å². The molecule has 94 valence electrons. The predicted molar refractivity (Wildman–Crippen MR) is 75.9 cm³/mol. The molecule has 6 heteroatoms. The molecule has 0 heterocycles. The van der Waals surface area contributed by atoms with E-state index in [1.165, 1.54) is 0 Å². The standard InChI is InChI=1S/C11H8Cl6/c12-7-3-1-5-6-2-4-8(13)10(6,15)11(16,17)9(5,7)14/h1,3-7H,2H2/t5-,6+,7?,9-,10+/m1/s1. The minimum Gasteiger partial charge on any atom is -0.116 e. The van der Waals surface area contributed by atoms with E-state index < -0.39 is 19.5 Å². The maximum absolute atomic E-state index is 6.64. The van der Waals surface area contributed by atoms with Crippen LogP contribution in [0.25, 0.3) is 0 Å². The molecule has 0 saturated heterocycles. The van der Waals surface area contributed by atoms with Crippen LogP contribution < -0.4 is 0 Å². The van der Waals surface area contributed by atoms with Gasteiger partial charge in [-0.3, -0.25) is 0 Å². The summed E-state index contributed by atoms with van der Waals surface area (Å²) in [5.74, 6) is -0.0733. The van der Waals surface area contributed by atoms with Gasteiger partial charge in [0.2, 0.25) is 0 Å². The largest absolute Gasteiger partial charge is 0.163 e. The molecule has 5 atom stereocenters. The minimum atomic E-state index is -1.40. The van der Waals surface area contributed by atoms with Gasteiger partial charge in [0.05, 0.1) is 5.38 Å². The summed E-state index contributed by atoms with van der Waals surface area (Å²) in [7, 11) is 0. The van der Waals surface area contributed by atoms with E-state index in [0.717, 1.165) is 6.42 Å². The zero-order valence-electron chi connectivity index (χ0n) is 8.44. The number of hydrogen-bond acceptors (Lipinski definition) is 0. The molecule has 1 unspecified atom stereocenters. The van der Waals surface area contributed by atoms with Crippen LogP contribution in [0.2, 0.25) is 0 Å². The SMILES string of the molecule is ClC1=CC[C@H]2[C@H]3C=CC(Cl)[C@@]3(Cl)C(Cl)(Cl)[C@@]12Cl. The fourth-order valence-corrected chi connectivity index (χ4v) is 6.16. The van der Waals surface area contributed by atoms with Crippen molar-refractivity contribution in [3.05, 3.63) is 23.3 Å². The Morgan fingerprint density at radius 3 is 2.41 bits per heavy atom. The summed E-state index contributed by atoms with van der Waals surface area (Å²) < 4.78 is -1.40. The van der Waals surface area contributed by atoms with Crippen LogP contribution in [-0.2, 0) is 0 Å². The molecule has 0 bridgehead atoms. The van der Waals surface area contributed by atoms with Crippen molar-refractivity contribution in [2.45, 2.75) is 25.9 Å². The topological polar surface area (TPSA) is 0 Å². The molecular formula is C11H8Cl6. The molecule has 1 saturated carbocycles. The number of allylic oxidation sites excluding steroid dienone is 4. The van der Waals surface area contributed by atoms with Crippen LogP contribution in [0.3, 0.4) is 0 Å². The fourth-order valence-electron chi connectivity index (χ4n) is 3.26. The molecule has 0 aliphatic heterocycles. The third-order valence-electron chi connectivity index (χ3n) is 4.16. The van der Waals surface area contributed by atoms with Gasteiger partial charge in [-0.25, -0.2) is 0 Å². The lowest BCUT2D eigenvalue weighted by Gasteiger charge is -2.40. The van der Waals surface area contributed by atoms with Crippen molar-refractivity contribution in [2.24, 2.45) is 11.8 Å². The summed E-state index contributed by atoms with van der Waals surface area (Å²) in [6.07, 6.45) is 6.38. The monoisotopic (exact) mass is 350 g/mol. The van der Waals surface area contributed by atoms with Gasteiger partial charge in [-0.2, -0.15) is 0 Å². The zero-order chi connectivity index (χ0) is 12.6. The van der Waals surface area contributed by atoms with Gasteiger partial charge in [-0.1, -0.05) is 53.0 Å². The molecule has 17 heavy (non-hydrogen) atoms. The quantitative estimate of drug-likeness (QED) is 0.422. The molecule has 0 amide bonds. The van der Waals surface area contributed by atoms with Crippen molar-refractivity contribution < 1.29 is 0 Å². The average molecular weight is 353 g/mol. The summed E-state index contributed by atoms with van der Waals surface area (Å²) in [4.78, 5) is -2.04. The minimum absolute atomic E-state index is 0.0100. The molecular weight excluding hydrogens is 345 g/mol. The van der Waals surface area contributed by atoms with E-state index >= 15 is 0 Å². The predicted octanol–water partition coefficient (Wildman–Crippen LogP) is 5.07. The third kappa shape index (κ3) is 1.22. The average Bonchev–Trinajstić information content (AvgIpc) is 2.75. The van der Waals surface area contributed by atoms with Gasteiger partial charge in [-0.15, -0.1) is 34.8 Å². The first-order valence-corrected chi connectivity index (χ1v) is 7.54. The van der Waals surface area contributed by atoms with E-state index in [1.54, 1.807) is 0 Å². The first-order chi connectivity index (χ1) is 7.78. The van der Waals surface area contributed by atoms with Crippen LogP contribution in [-0.4, -0.2) is 19.5 Å². The Morgan fingerprint density at radius 2 is 1.76 bits per heavy atom. The van der Waals surface area contributed by atoms with Crippen LogP contribution >= 0.6 is 69.6 Å². The van der Waals surface area contributed by atoms with Gasteiger partial charge in [0, 0.05) is 11.0 Å². The highest BCUT2D eigenvalue weighted by molar-refractivity contribution is 6.62.